The van der Waals surface area contributed by atoms with E-state index in [1.165, 1.54) is 12.3 Å². The molecule has 0 unspecified atom stereocenters. The van der Waals surface area contributed by atoms with Gasteiger partial charge >= 0.3 is 5.97 Å². The molecular weight excluding hydrogens is 182 g/mol. The fourth-order valence-electron chi connectivity index (χ4n) is 0.754. The summed E-state index contributed by atoms with van der Waals surface area (Å²) in [5, 5.41) is 8.61. The van der Waals surface area contributed by atoms with Crippen LogP contribution in [0.15, 0.2) is 12.3 Å². The lowest BCUT2D eigenvalue weighted by molar-refractivity contribution is 0.0693. The minimum absolute atomic E-state index is 0.0135. The molecule has 0 amide bonds. The number of hydrogen-bond donors (Lipinski definition) is 1. The number of aromatic carboxylic acids is 1. The molecule has 0 saturated heterocycles. The van der Waals surface area contributed by atoms with Crippen LogP contribution in [0.1, 0.15) is 20.8 Å². The fourth-order valence-corrected chi connectivity index (χ4v) is 0.988. The second kappa shape index (κ2) is 3.32. The molecule has 0 aromatic carbocycles. The Kier molecular flexibility index (Phi) is 2.40. The van der Waals surface area contributed by atoms with Crippen LogP contribution < -0.4 is 0 Å². The summed E-state index contributed by atoms with van der Waals surface area (Å²) < 4.78 is 0. The topological polar surface area (TPSA) is 67.3 Å². The highest BCUT2D eigenvalue weighted by molar-refractivity contribution is 6.34. The van der Waals surface area contributed by atoms with E-state index in [4.69, 9.17) is 16.7 Å². The average molecular weight is 186 g/mol. The van der Waals surface area contributed by atoms with Crippen molar-refractivity contribution in [2.45, 2.75) is 0 Å². The highest BCUT2D eigenvalue weighted by Crippen LogP contribution is 2.16. The summed E-state index contributed by atoms with van der Waals surface area (Å²) in [6, 6.07) is 1.32. The van der Waals surface area contributed by atoms with Crippen LogP contribution in [-0.4, -0.2) is 22.3 Å². The van der Waals surface area contributed by atoms with Crippen LogP contribution in [0.25, 0.3) is 0 Å². The minimum atomic E-state index is -1.25. The molecule has 5 heteroatoms. The monoisotopic (exact) mass is 185 g/mol. The molecule has 0 fully saturated rings. The Balaban J connectivity index is 3.39. The number of carboxylic acid groups (broad SMARTS) is 1. The quantitative estimate of drug-likeness (QED) is 0.704. The molecule has 1 N–H and O–H groups in total. The first kappa shape index (κ1) is 8.67. The van der Waals surface area contributed by atoms with Gasteiger partial charge in [-0.25, -0.2) is 4.79 Å². The first-order chi connectivity index (χ1) is 5.66. The van der Waals surface area contributed by atoms with Gasteiger partial charge < -0.3 is 5.11 Å². The summed E-state index contributed by atoms with van der Waals surface area (Å²) in [5.74, 6) is -1.25. The fraction of sp³-hybridized carbons (Fsp3) is 0. The summed E-state index contributed by atoms with van der Waals surface area (Å²) in [4.78, 5) is 24.4. The number of aldehydes is 1. The van der Waals surface area contributed by atoms with Crippen molar-refractivity contribution >= 4 is 23.9 Å². The van der Waals surface area contributed by atoms with Crippen molar-refractivity contribution in [3.05, 3.63) is 28.5 Å². The highest BCUT2D eigenvalue weighted by Gasteiger charge is 2.14. The van der Waals surface area contributed by atoms with E-state index >= 15 is 0 Å². The summed E-state index contributed by atoms with van der Waals surface area (Å²) in [6.45, 7) is 0. The number of carbonyl (C=O) groups is 2. The molecule has 0 saturated carbocycles. The Labute approximate surface area is 72.8 Å². The number of pyridine rings is 1. The van der Waals surface area contributed by atoms with Gasteiger partial charge in [-0.3, -0.25) is 9.78 Å². The number of rotatable bonds is 2. The van der Waals surface area contributed by atoms with Gasteiger partial charge in [-0.05, 0) is 6.07 Å². The maximum absolute atomic E-state index is 10.5. The molecule has 0 aliphatic heterocycles. The van der Waals surface area contributed by atoms with Crippen molar-refractivity contribution in [3.8, 4) is 0 Å². The van der Waals surface area contributed by atoms with Gasteiger partial charge in [0.1, 0.15) is 11.3 Å². The zero-order chi connectivity index (χ0) is 9.14. The summed E-state index contributed by atoms with van der Waals surface area (Å²) >= 11 is 5.52. The SMILES string of the molecule is O=Cc1nccc(Cl)c1C(=O)O. The smallest absolute Gasteiger partial charge is 0.339 e. The van der Waals surface area contributed by atoms with Gasteiger partial charge in [0.05, 0.1) is 5.02 Å². The number of nitrogens with zero attached hydrogens (tertiary/aromatic N) is 1. The van der Waals surface area contributed by atoms with Crippen molar-refractivity contribution < 1.29 is 14.7 Å². The Morgan fingerprint density at radius 1 is 1.67 bits per heavy atom. The molecule has 1 rings (SSSR count). The lowest BCUT2D eigenvalue weighted by Gasteiger charge is -1.98. The Bertz CT molecular complexity index is 337. The van der Waals surface area contributed by atoms with Crippen LogP contribution in [0.4, 0.5) is 0 Å². The molecular formula is C7H4ClNO3. The summed E-state index contributed by atoms with van der Waals surface area (Å²) in [5.41, 5.74) is -0.413. The normalized spacial score (nSPS) is 9.42. The van der Waals surface area contributed by atoms with E-state index in [-0.39, 0.29) is 16.3 Å². The van der Waals surface area contributed by atoms with E-state index in [9.17, 15) is 9.59 Å². The molecule has 0 aliphatic carbocycles. The summed E-state index contributed by atoms with van der Waals surface area (Å²) in [6.07, 6.45) is 1.63. The summed E-state index contributed by atoms with van der Waals surface area (Å²) in [7, 11) is 0. The first-order valence-corrected chi connectivity index (χ1v) is 3.37. The van der Waals surface area contributed by atoms with Gasteiger partial charge in [0.25, 0.3) is 0 Å². The van der Waals surface area contributed by atoms with Gasteiger partial charge in [-0.1, -0.05) is 11.6 Å². The highest BCUT2D eigenvalue weighted by atomic mass is 35.5. The van der Waals surface area contributed by atoms with Crippen molar-refractivity contribution in [2.24, 2.45) is 0 Å². The van der Waals surface area contributed by atoms with Crippen LogP contribution in [0, 0.1) is 0 Å². The van der Waals surface area contributed by atoms with Gasteiger partial charge in [0.2, 0.25) is 0 Å². The van der Waals surface area contributed by atoms with Crippen molar-refractivity contribution in [2.75, 3.05) is 0 Å². The van der Waals surface area contributed by atoms with Crippen molar-refractivity contribution in [3.63, 3.8) is 0 Å². The number of hydrogen-bond acceptors (Lipinski definition) is 3. The first-order valence-electron chi connectivity index (χ1n) is 2.99. The molecule has 1 aromatic rings. The third kappa shape index (κ3) is 1.43. The van der Waals surface area contributed by atoms with E-state index in [2.05, 4.69) is 4.98 Å². The molecule has 62 valence electrons. The lowest BCUT2D eigenvalue weighted by Crippen LogP contribution is -2.04. The van der Waals surface area contributed by atoms with E-state index in [1.54, 1.807) is 0 Å². The number of aromatic nitrogens is 1. The Morgan fingerprint density at radius 2 is 2.33 bits per heavy atom. The van der Waals surface area contributed by atoms with Crippen LogP contribution >= 0.6 is 11.6 Å². The minimum Gasteiger partial charge on any atom is -0.478 e. The Morgan fingerprint density at radius 3 is 2.75 bits per heavy atom. The van der Waals surface area contributed by atoms with Crippen LogP contribution in [0.2, 0.25) is 5.02 Å². The van der Waals surface area contributed by atoms with Crippen LogP contribution in [0.3, 0.4) is 0 Å². The maximum Gasteiger partial charge on any atom is 0.339 e. The van der Waals surface area contributed by atoms with Gasteiger partial charge in [-0.15, -0.1) is 0 Å². The van der Waals surface area contributed by atoms with E-state index in [1.807, 2.05) is 0 Å². The van der Waals surface area contributed by atoms with Gasteiger partial charge in [0, 0.05) is 6.20 Å². The predicted octanol–water partition coefficient (Wildman–Crippen LogP) is 1.25. The van der Waals surface area contributed by atoms with Crippen LogP contribution in [0.5, 0.6) is 0 Å². The molecule has 0 spiro atoms. The van der Waals surface area contributed by atoms with Crippen LogP contribution in [-0.2, 0) is 0 Å². The molecule has 12 heavy (non-hydrogen) atoms. The zero-order valence-electron chi connectivity index (χ0n) is 5.82. The molecule has 0 aliphatic rings. The van der Waals surface area contributed by atoms with Crippen molar-refractivity contribution in [1.82, 2.24) is 4.98 Å². The third-order valence-electron chi connectivity index (χ3n) is 1.25. The molecule has 0 bridgehead atoms. The molecule has 4 nitrogen and oxygen atoms in total. The maximum atomic E-state index is 10.5. The number of carbonyl (C=O) groups excluding carboxylic acids is 1. The predicted molar refractivity (Wildman–Crippen MR) is 41.6 cm³/mol. The second-order valence-electron chi connectivity index (χ2n) is 1.98. The molecule has 1 heterocycles. The van der Waals surface area contributed by atoms with E-state index < -0.39 is 5.97 Å². The number of carboxylic acids is 1. The van der Waals surface area contributed by atoms with Gasteiger partial charge in [-0.2, -0.15) is 0 Å². The Hall–Kier alpha value is -1.42. The molecule has 0 atom stereocenters. The lowest BCUT2D eigenvalue weighted by atomic mass is 10.2. The molecule has 1 aromatic heterocycles. The van der Waals surface area contributed by atoms with E-state index in [0.29, 0.717) is 6.29 Å². The number of halogens is 1. The standard InChI is InChI=1S/C7H4ClNO3/c8-4-1-2-9-5(3-10)6(4)7(11)12/h1-3H,(H,11,12). The second-order valence-corrected chi connectivity index (χ2v) is 2.38. The average Bonchev–Trinajstić information content (AvgIpc) is 2.03. The third-order valence-corrected chi connectivity index (χ3v) is 1.57. The van der Waals surface area contributed by atoms with E-state index in [0.717, 1.165) is 0 Å². The van der Waals surface area contributed by atoms with Crippen molar-refractivity contribution in [1.29, 1.82) is 0 Å². The zero-order valence-corrected chi connectivity index (χ0v) is 6.58. The largest absolute Gasteiger partial charge is 0.478 e. The van der Waals surface area contributed by atoms with Gasteiger partial charge in [0.15, 0.2) is 6.29 Å². The molecule has 0 radical (unpaired) electrons.